The van der Waals surface area contributed by atoms with Gasteiger partial charge in [0.05, 0.1) is 12.3 Å². The summed E-state index contributed by atoms with van der Waals surface area (Å²) in [6, 6.07) is 15.4. The van der Waals surface area contributed by atoms with E-state index in [9.17, 15) is 14.4 Å². The first-order valence-electron chi connectivity index (χ1n) is 12.4. The topological polar surface area (TPSA) is 105 Å². The highest BCUT2D eigenvalue weighted by atomic mass is 16.5. The van der Waals surface area contributed by atoms with Crippen molar-refractivity contribution in [2.45, 2.75) is 65.0 Å². The smallest absolute Gasteiger partial charge is 0.407 e. The number of nitrogens with one attached hydrogen (secondary N) is 2. The van der Waals surface area contributed by atoms with Crippen LogP contribution in [0.25, 0.3) is 11.1 Å². The van der Waals surface area contributed by atoms with E-state index in [0.29, 0.717) is 6.42 Å². The van der Waals surface area contributed by atoms with Gasteiger partial charge in [0, 0.05) is 18.0 Å². The van der Waals surface area contributed by atoms with Gasteiger partial charge < -0.3 is 20.5 Å². The maximum Gasteiger partial charge on any atom is 0.407 e. The lowest BCUT2D eigenvalue weighted by Crippen LogP contribution is -2.50. The number of carboxylic acid groups (broad SMARTS) is 1. The third-order valence-electron chi connectivity index (χ3n) is 6.65. The van der Waals surface area contributed by atoms with Gasteiger partial charge in [0.1, 0.15) is 6.61 Å². The summed E-state index contributed by atoms with van der Waals surface area (Å²) in [5.41, 5.74) is 4.58. The molecule has 2 amide bonds. The van der Waals surface area contributed by atoms with Crippen molar-refractivity contribution in [1.82, 2.24) is 10.6 Å². The Kier molecular flexibility index (Phi) is 8.90. The summed E-state index contributed by atoms with van der Waals surface area (Å²) in [6.45, 7) is 7.74. The molecule has 2 aromatic rings. The number of aliphatic carboxylic acids is 1. The third kappa shape index (κ3) is 6.41. The molecule has 0 saturated carbocycles. The third-order valence-corrected chi connectivity index (χ3v) is 6.65. The molecule has 1 aliphatic carbocycles. The highest BCUT2D eigenvalue weighted by Gasteiger charge is 2.32. The molecular formula is C28H36N2O5. The SMILES string of the molecule is CCC[C@H](CC(=O)O)NC(=O)C(C(C)C)C(C)NC(=O)OCC1c2ccccc2-c2ccccc21. The van der Waals surface area contributed by atoms with Crippen LogP contribution in [0.4, 0.5) is 4.79 Å². The molecule has 35 heavy (non-hydrogen) atoms. The minimum absolute atomic E-state index is 0.0431. The van der Waals surface area contributed by atoms with Crippen molar-refractivity contribution in [3.8, 4) is 11.1 Å². The molecule has 0 heterocycles. The molecule has 3 N–H and O–H groups in total. The maximum atomic E-state index is 13.0. The summed E-state index contributed by atoms with van der Waals surface area (Å²) in [5, 5.41) is 14.8. The van der Waals surface area contributed by atoms with Crippen LogP contribution < -0.4 is 10.6 Å². The summed E-state index contributed by atoms with van der Waals surface area (Å²) >= 11 is 0. The zero-order valence-electron chi connectivity index (χ0n) is 20.9. The average Bonchev–Trinajstić information content (AvgIpc) is 3.11. The van der Waals surface area contributed by atoms with E-state index in [-0.39, 0.29) is 30.8 Å². The minimum atomic E-state index is -0.949. The predicted octanol–water partition coefficient (Wildman–Crippen LogP) is 4.95. The van der Waals surface area contributed by atoms with E-state index in [1.54, 1.807) is 6.92 Å². The highest BCUT2D eigenvalue weighted by Crippen LogP contribution is 2.44. The zero-order chi connectivity index (χ0) is 25.5. The number of carbonyl (C=O) groups excluding carboxylic acids is 2. The normalized spacial score (nSPS) is 15.0. The molecule has 0 fully saturated rings. The molecule has 2 unspecified atom stereocenters. The first-order valence-corrected chi connectivity index (χ1v) is 12.4. The van der Waals surface area contributed by atoms with Crippen molar-refractivity contribution < 1.29 is 24.2 Å². The molecule has 0 saturated heterocycles. The number of rotatable bonds is 11. The van der Waals surface area contributed by atoms with Crippen molar-refractivity contribution >= 4 is 18.0 Å². The van der Waals surface area contributed by atoms with Crippen LogP contribution in [-0.2, 0) is 14.3 Å². The first kappa shape index (κ1) is 26.3. The number of benzene rings is 2. The van der Waals surface area contributed by atoms with Crippen molar-refractivity contribution in [3.05, 3.63) is 59.7 Å². The molecule has 1 aliphatic rings. The number of carbonyl (C=O) groups is 3. The van der Waals surface area contributed by atoms with Gasteiger partial charge in [-0.2, -0.15) is 0 Å². The van der Waals surface area contributed by atoms with Gasteiger partial charge in [0.15, 0.2) is 0 Å². The molecule has 0 aliphatic heterocycles. The van der Waals surface area contributed by atoms with Gasteiger partial charge in [0.25, 0.3) is 0 Å². The summed E-state index contributed by atoms with van der Waals surface area (Å²) in [7, 11) is 0. The molecule has 2 aromatic carbocycles. The molecule has 0 aromatic heterocycles. The Labute approximate surface area is 207 Å². The van der Waals surface area contributed by atoms with Gasteiger partial charge in [-0.05, 0) is 41.5 Å². The van der Waals surface area contributed by atoms with Gasteiger partial charge in [-0.25, -0.2) is 4.79 Å². The molecule has 0 radical (unpaired) electrons. The molecule has 188 valence electrons. The number of ether oxygens (including phenoxy) is 1. The first-order chi connectivity index (χ1) is 16.7. The molecule has 3 rings (SSSR count). The Morgan fingerprint density at radius 1 is 0.943 bits per heavy atom. The van der Waals surface area contributed by atoms with E-state index >= 15 is 0 Å². The minimum Gasteiger partial charge on any atom is -0.481 e. The van der Waals surface area contributed by atoms with Crippen LogP contribution in [-0.4, -0.2) is 41.8 Å². The van der Waals surface area contributed by atoms with Crippen LogP contribution in [0, 0.1) is 11.8 Å². The molecule has 7 heteroatoms. The Balaban J connectivity index is 1.62. The second kappa shape index (κ2) is 11.9. The number of fused-ring (bicyclic) bond motifs is 3. The fraction of sp³-hybridized carbons (Fsp3) is 0.464. The summed E-state index contributed by atoms with van der Waals surface area (Å²) < 4.78 is 5.63. The standard InChI is InChI=1S/C28H36N2O5/c1-5-10-19(15-25(31)32)30-27(33)26(17(2)3)18(4)29-28(34)35-16-24-22-13-8-6-11-20(22)21-12-7-9-14-23(21)24/h6-9,11-14,17-19,24,26H,5,10,15-16H2,1-4H3,(H,29,34)(H,30,33)(H,31,32)/t18?,19-,26?/m1/s1. The Morgan fingerprint density at radius 3 is 2.03 bits per heavy atom. The molecule has 7 nitrogen and oxygen atoms in total. The number of alkyl carbamates (subject to hydrolysis) is 1. The monoisotopic (exact) mass is 480 g/mol. The van der Waals surface area contributed by atoms with Gasteiger partial charge in [-0.15, -0.1) is 0 Å². The van der Waals surface area contributed by atoms with Gasteiger partial charge >= 0.3 is 12.1 Å². The van der Waals surface area contributed by atoms with Crippen LogP contribution in [0.3, 0.4) is 0 Å². The number of hydrogen-bond donors (Lipinski definition) is 3. The van der Waals surface area contributed by atoms with Crippen molar-refractivity contribution in [1.29, 1.82) is 0 Å². The molecule has 0 bridgehead atoms. The molecular weight excluding hydrogens is 444 g/mol. The van der Waals surface area contributed by atoms with E-state index in [4.69, 9.17) is 9.84 Å². The van der Waals surface area contributed by atoms with Gasteiger partial charge in [0.2, 0.25) is 5.91 Å². The lowest BCUT2D eigenvalue weighted by atomic mass is 9.88. The van der Waals surface area contributed by atoms with Crippen LogP contribution in [0.15, 0.2) is 48.5 Å². The number of carboxylic acids is 1. The van der Waals surface area contributed by atoms with Crippen LogP contribution in [0.5, 0.6) is 0 Å². The van der Waals surface area contributed by atoms with Gasteiger partial charge in [-0.1, -0.05) is 75.7 Å². The summed E-state index contributed by atoms with van der Waals surface area (Å²) in [4.78, 5) is 36.9. The predicted molar refractivity (Wildman–Crippen MR) is 135 cm³/mol. The maximum absolute atomic E-state index is 13.0. The van der Waals surface area contributed by atoms with Gasteiger partial charge in [-0.3, -0.25) is 9.59 Å². The molecule has 3 atom stereocenters. The lowest BCUT2D eigenvalue weighted by molar-refractivity contribution is -0.138. The van der Waals surface area contributed by atoms with Crippen molar-refractivity contribution in [2.75, 3.05) is 6.61 Å². The lowest BCUT2D eigenvalue weighted by Gasteiger charge is -2.29. The van der Waals surface area contributed by atoms with Crippen molar-refractivity contribution in [2.24, 2.45) is 11.8 Å². The van der Waals surface area contributed by atoms with Crippen LogP contribution in [0.2, 0.25) is 0 Å². The van der Waals surface area contributed by atoms with Crippen LogP contribution in [0.1, 0.15) is 64.0 Å². The highest BCUT2D eigenvalue weighted by molar-refractivity contribution is 5.82. The second-order valence-corrected chi connectivity index (χ2v) is 9.62. The summed E-state index contributed by atoms with van der Waals surface area (Å²) in [5.74, 6) is -1.84. The van der Waals surface area contributed by atoms with E-state index in [2.05, 4.69) is 34.9 Å². The van der Waals surface area contributed by atoms with Crippen molar-refractivity contribution in [3.63, 3.8) is 0 Å². The van der Waals surface area contributed by atoms with E-state index in [1.807, 2.05) is 45.0 Å². The fourth-order valence-corrected chi connectivity index (χ4v) is 5.10. The Morgan fingerprint density at radius 2 is 1.51 bits per heavy atom. The fourth-order valence-electron chi connectivity index (χ4n) is 5.10. The second-order valence-electron chi connectivity index (χ2n) is 9.62. The Bertz CT molecular complexity index is 1010. The largest absolute Gasteiger partial charge is 0.481 e. The molecule has 0 spiro atoms. The zero-order valence-corrected chi connectivity index (χ0v) is 20.9. The number of amides is 2. The average molecular weight is 481 g/mol. The van der Waals surface area contributed by atoms with Crippen LogP contribution >= 0.6 is 0 Å². The van der Waals surface area contributed by atoms with E-state index < -0.39 is 30.1 Å². The van der Waals surface area contributed by atoms with E-state index in [1.165, 1.54) is 0 Å². The summed E-state index contributed by atoms with van der Waals surface area (Å²) in [6.07, 6.45) is 0.641. The Hall–Kier alpha value is -3.35. The number of hydrogen-bond acceptors (Lipinski definition) is 4. The quantitative estimate of drug-likeness (QED) is 0.422. The van der Waals surface area contributed by atoms with E-state index in [0.717, 1.165) is 28.7 Å².